The van der Waals surface area contributed by atoms with Gasteiger partial charge in [-0.3, -0.25) is 5.32 Å². The number of esters is 1. The zero-order valence-corrected chi connectivity index (χ0v) is 11.8. The zero-order valence-electron chi connectivity index (χ0n) is 10.2. The van der Waals surface area contributed by atoms with Gasteiger partial charge in [0.25, 0.3) is 0 Å². The van der Waals surface area contributed by atoms with E-state index in [1.165, 1.54) is 0 Å². The first-order valence-corrected chi connectivity index (χ1v) is 6.38. The van der Waals surface area contributed by atoms with Gasteiger partial charge in [-0.15, -0.1) is 0 Å². The van der Waals surface area contributed by atoms with Gasteiger partial charge in [-0.05, 0) is 47.8 Å². The van der Waals surface area contributed by atoms with Crippen LogP contribution in [-0.4, -0.2) is 11.6 Å². The number of carbonyl (C=O) groups is 1. The number of nitrogens with one attached hydrogen (secondary N) is 1. The van der Waals surface area contributed by atoms with Crippen LogP contribution in [0.25, 0.3) is 0 Å². The minimum Gasteiger partial charge on any atom is -0.458 e. The van der Waals surface area contributed by atoms with Gasteiger partial charge in [0.1, 0.15) is 5.60 Å². The summed E-state index contributed by atoms with van der Waals surface area (Å²) in [6.07, 6.45) is 0. The minimum absolute atomic E-state index is 0.296. The Morgan fingerprint density at radius 2 is 2.06 bits per heavy atom. The van der Waals surface area contributed by atoms with E-state index in [2.05, 4.69) is 21.2 Å². The molecule has 0 saturated heterocycles. The maximum absolute atomic E-state index is 12.2. The summed E-state index contributed by atoms with van der Waals surface area (Å²) in [7, 11) is 0. The average molecular weight is 298 g/mol. The third-order valence-electron chi connectivity index (χ3n) is 2.59. The number of fused-ring (bicyclic) bond motifs is 1. The van der Waals surface area contributed by atoms with Crippen molar-refractivity contribution in [2.45, 2.75) is 37.4 Å². The molecule has 17 heavy (non-hydrogen) atoms. The smallest absolute Gasteiger partial charge is 0.342 e. The molecule has 3 nitrogen and oxygen atoms in total. The number of hydrogen-bond donors (Lipinski definition) is 1. The molecule has 0 radical (unpaired) electrons. The molecule has 0 amide bonds. The van der Waals surface area contributed by atoms with Crippen molar-refractivity contribution in [1.82, 2.24) is 5.32 Å². The van der Waals surface area contributed by atoms with Crippen molar-refractivity contribution in [1.29, 1.82) is 0 Å². The fraction of sp³-hybridized carbons (Fsp3) is 0.462. The molecule has 92 valence electrons. The molecule has 1 aromatic rings. The van der Waals surface area contributed by atoms with Crippen LogP contribution in [0.1, 0.15) is 31.9 Å². The summed E-state index contributed by atoms with van der Waals surface area (Å²) >= 11 is 3.48. The predicted octanol–water partition coefficient (Wildman–Crippen LogP) is 2.68. The summed E-state index contributed by atoms with van der Waals surface area (Å²) in [4.78, 5) is 12.2. The highest BCUT2D eigenvalue weighted by atomic mass is 79.9. The third kappa shape index (κ3) is 2.38. The second-order valence-corrected chi connectivity index (χ2v) is 6.36. The van der Waals surface area contributed by atoms with Gasteiger partial charge in [0.15, 0.2) is 4.45 Å². The van der Waals surface area contributed by atoms with Gasteiger partial charge in [0.05, 0.1) is 0 Å². The van der Waals surface area contributed by atoms with Crippen molar-refractivity contribution in [2.75, 3.05) is 0 Å². The molecule has 1 aliphatic heterocycles. The molecule has 1 aliphatic rings. The van der Waals surface area contributed by atoms with Crippen molar-refractivity contribution >= 4 is 21.9 Å². The average Bonchev–Trinajstić information content (AvgIpc) is 2.56. The van der Waals surface area contributed by atoms with Crippen LogP contribution in [-0.2, 0) is 20.5 Å². The molecule has 0 fully saturated rings. The van der Waals surface area contributed by atoms with E-state index in [9.17, 15) is 4.79 Å². The zero-order chi connectivity index (χ0) is 12.7. The van der Waals surface area contributed by atoms with Gasteiger partial charge >= 0.3 is 5.97 Å². The molecule has 1 aromatic carbocycles. The maximum atomic E-state index is 12.2. The molecule has 0 saturated carbocycles. The monoisotopic (exact) mass is 297 g/mol. The standard InChI is InChI=1S/C13H16BrNO2/c1-12(2,3)17-11(16)13(14)10-7-5-4-6-9(10)8-15-13/h4-7,15H,8H2,1-3H3. The molecule has 0 bridgehead atoms. The molecular weight excluding hydrogens is 282 g/mol. The van der Waals surface area contributed by atoms with Crippen molar-refractivity contribution in [3.8, 4) is 0 Å². The molecule has 0 aliphatic carbocycles. The Morgan fingerprint density at radius 1 is 1.41 bits per heavy atom. The Kier molecular flexibility index (Phi) is 3.04. The fourth-order valence-corrected chi connectivity index (χ4v) is 2.46. The highest BCUT2D eigenvalue weighted by Crippen LogP contribution is 2.38. The molecule has 1 atom stereocenters. The van der Waals surface area contributed by atoms with Crippen LogP contribution in [0.3, 0.4) is 0 Å². The summed E-state index contributed by atoms with van der Waals surface area (Å²) in [5.41, 5.74) is 1.57. The van der Waals surface area contributed by atoms with Gasteiger partial charge in [0, 0.05) is 6.54 Å². The Labute approximate surface area is 110 Å². The molecule has 0 spiro atoms. The van der Waals surface area contributed by atoms with Crippen molar-refractivity contribution < 1.29 is 9.53 Å². The van der Waals surface area contributed by atoms with Crippen LogP contribution in [0.2, 0.25) is 0 Å². The topological polar surface area (TPSA) is 38.3 Å². The largest absolute Gasteiger partial charge is 0.458 e. The maximum Gasteiger partial charge on any atom is 0.342 e. The highest BCUT2D eigenvalue weighted by Gasteiger charge is 2.45. The lowest BCUT2D eigenvalue weighted by atomic mass is 10.0. The SMILES string of the molecule is CC(C)(C)OC(=O)C1(Br)NCc2ccccc21. The van der Waals surface area contributed by atoms with E-state index in [-0.39, 0.29) is 5.97 Å². The van der Waals surface area contributed by atoms with Gasteiger partial charge in [0.2, 0.25) is 0 Å². The van der Waals surface area contributed by atoms with Gasteiger partial charge < -0.3 is 4.74 Å². The summed E-state index contributed by atoms with van der Waals surface area (Å²) in [5, 5.41) is 3.16. The molecule has 1 unspecified atom stereocenters. The van der Waals surface area contributed by atoms with Gasteiger partial charge in [-0.25, -0.2) is 4.79 Å². The molecule has 2 rings (SSSR count). The lowest BCUT2D eigenvalue weighted by Crippen LogP contribution is -2.43. The van der Waals surface area contributed by atoms with Crippen molar-refractivity contribution in [2.24, 2.45) is 0 Å². The van der Waals surface area contributed by atoms with Crippen LogP contribution in [0.15, 0.2) is 24.3 Å². The summed E-state index contributed by atoms with van der Waals surface area (Å²) < 4.78 is 4.53. The molecular formula is C13H16BrNO2. The third-order valence-corrected chi connectivity index (χ3v) is 3.62. The molecule has 1 N–H and O–H groups in total. The number of carbonyl (C=O) groups excluding carboxylic acids is 1. The number of benzene rings is 1. The normalized spacial score (nSPS) is 23.3. The van der Waals surface area contributed by atoms with Gasteiger partial charge in [-0.1, -0.05) is 24.3 Å². The quantitative estimate of drug-likeness (QED) is 0.492. The number of rotatable bonds is 1. The van der Waals surface area contributed by atoms with E-state index in [0.717, 1.165) is 11.1 Å². The summed E-state index contributed by atoms with van der Waals surface area (Å²) in [6, 6.07) is 7.84. The number of alkyl halides is 1. The molecule has 0 aromatic heterocycles. The van der Waals surface area contributed by atoms with Crippen molar-refractivity contribution in [3.63, 3.8) is 0 Å². The fourth-order valence-electron chi connectivity index (χ4n) is 1.85. The van der Waals surface area contributed by atoms with Crippen LogP contribution in [0.4, 0.5) is 0 Å². The Balaban J connectivity index is 2.30. The van der Waals surface area contributed by atoms with Crippen LogP contribution >= 0.6 is 15.9 Å². The van der Waals surface area contributed by atoms with E-state index >= 15 is 0 Å². The lowest BCUT2D eigenvalue weighted by Gasteiger charge is -2.27. The van der Waals surface area contributed by atoms with Crippen molar-refractivity contribution in [3.05, 3.63) is 35.4 Å². The Morgan fingerprint density at radius 3 is 2.71 bits per heavy atom. The van der Waals surface area contributed by atoms with Gasteiger partial charge in [-0.2, -0.15) is 0 Å². The first-order chi connectivity index (χ1) is 7.83. The Hall–Kier alpha value is -0.870. The summed E-state index contributed by atoms with van der Waals surface area (Å²) in [6.45, 7) is 6.26. The molecule has 4 heteroatoms. The lowest BCUT2D eigenvalue weighted by molar-refractivity contribution is -0.158. The van der Waals surface area contributed by atoms with E-state index in [0.29, 0.717) is 6.54 Å². The highest BCUT2D eigenvalue weighted by molar-refractivity contribution is 9.10. The Bertz CT molecular complexity index is 453. The summed E-state index contributed by atoms with van der Waals surface area (Å²) in [5.74, 6) is -0.296. The van der Waals surface area contributed by atoms with E-state index in [1.807, 2.05) is 45.0 Å². The van der Waals surface area contributed by atoms with Crippen LogP contribution in [0.5, 0.6) is 0 Å². The van der Waals surface area contributed by atoms with E-state index in [4.69, 9.17) is 4.74 Å². The van der Waals surface area contributed by atoms with E-state index < -0.39 is 10.0 Å². The number of halogens is 1. The van der Waals surface area contributed by atoms with Crippen LogP contribution in [0, 0.1) is 0 Å². The minimum atomic E-state index is -0.906. The molecule has 1 heterocycles. The second-order valence-electron chi connectivity index (χ2n) is 5.17. The predicted molar refractivity (Wildman–Crippen MR) is 69.7 cm³/mol. The van der Waals surface area contributed by atoms with Crippen LogP contribution < -0.4 is 5.32 Å². The van der Waals surface area contributed by atoms with E-state index in [1.54, 1.807) is 0 Å². The number of hydrogen-bond acceptors (Lipinski definition) is 3. The first-order valence-electron chi connectivity index (χ1n) is 5.59. The second kappa shape index (κ2) is 4.10. The number of ether oxygens (including phenoxy) is 1. The first kappa shape index (κ1) is 12.6.